The summed E-state index contributed by atoms with van der Waals surface area (Å²) in [5.41, 5.74) is -0.0532. The van der Waals surface area contributed by atoms with Crippen molar-refractivity contribution in [1.29, 1.82) is 0 Å². The number of benzene rings is 1. The van der Waals surface area contributed by atoms with Crippen molar-refractivity contribution in [3.8, 4) is 0 Å². The molecule has 16 heteroatoms. The van der Waals surface area contributed by atoms with Gasteiger partial charge >= 0.3 is 10.2 Å². The molecule has 1 unspecified atom stereocenters. The highest BCUT2D eigenvalue weighted by Gasteiger charge is 2.38. The van der Waals surface area contributed by atoms with Gasteiger partial charge in [0.2, 0.25) is 0 Å². The highest BCUT2D eigenvalue weighted by molar-refractivity contribution is 9.10. The number of anilines is 1. The Hall–Kier alpha value is -1.73. The third-order valence-corrected chi connectivity index (χ3v) is 13.7. The second kappa shape index (κ2) is 14.8. The Bertz CT molecular complexity index is 1680. The second-order valence-corrected chi connectivity index (χ2v) is 28.3. The normalized spacial score (nSPS) is 16.4. The van der Waals surface area contributed by atoms with Gasteiger partial charge in [0.25, 0.3) is 0 Å². The molecular formula is C30H42BrClF2N4O5SSi2. The summed E-state index contributed by atoms with van der Waals surface area (Å²) in [6.45, 7) is 13.4. The molecule has 1 aliphatic rings. The number of nitrogens with zero attached hydrogens (tertiary/aromatic N) is 4. The number of ketones is 1. The van der Waals surface area contributed by atoms with E-state index in [1.807, 2.05) is 0 Å². The molecule has 46 heavy (non-hydrogen) atoms. The molecule has 0 saturated carbocycles. The van der Waals surface area contributed by atoms with Gasteiger partial charge in [0, 0.05) is 64.7 Å². The van der Waals surface area contributed by atoms with E-state index in [0.29, 0.717) is 28.7 Å². The SMILES string of the molecule is C[Si](C)(C)CCOCN(c1ccc(F)c(C(=O)c2cn(COCC[Si](C)(C)C)c3ncc(Br)cc23)c1Cl)S(=O)(=O)N1CCC(F)C1. The van der Waals surface area contributed by atoms with E-state index >= 15 is 4.39 Å². The van der Waals surface area contributed by atoms with Crippen molar-refractivity contribution in [2.24, 2.45) is 0 Å². The van der Waals surface area contributed by atoms with Crippen molar-refractivity contribution in [1.82, 2.24) is 13.9 Å². The first-order valence-corrected chi connectivity index (χ1v) is 25.1. The standard InChI is InChI=1S/C30H42BrClF2N4O5SSi2/c1-45(2,3)13-11-42-19-36-18-24(23-15-21(31)16-35-30(23)36)29(39)27-25(34)7-8-26(28(27)32)38(20-43-12-14-46(4,5)6)44(40,41)37-10-9-22(33)17-37/h7-8,15-16,18,22H,9-14,17,19-20H2,1-6H3. The van der Waals surface area contributed by atoms with Crippen molar-refractivity contribution in [3.05, 3.63) is 57.0 Å². The smallest absolute Gasteiger partial charge is 0.306 e. The van der Waals surface area contributed by atoms with E-state index in [-0.39, 0.29) is 37.5 Å². The van der Waals surface area contributed by atoms with E-state index in [0.717, 1.165) is 26.8 Å². The lowest BCUT2D eigenvalue weighted by atomic mass is 10.0. The van der Waals surface area contributed by atoms with Gasteiger partial charge in [-0.1, -0.05) is 50.9 Å². The number of ether oxygens (including phenoxy) is 2. The van der Waals surface area contributed by atoms with Crippen LogP contribution in [0.1, 0.15) is 22.3 Å². The van der Waals surface area contributed by atoms with Crippen LogP contribution < -0.4 is 4.31 Å². The fourth-order valence-corrected chi connectivity index (χ4v) is 8.68. The van der Waals surface area contributed by atoms with E-state index in [1.165, 1.54) is 6.07 Å². The molecule has 1 saturated heterocycles. The number of alkyl halides is 1. The zero-order valence-electron chi connectivity index (χ0n) is 27.1. The molecular weight excluding hydrogens is 738 g/mol. The lowest BCUT2D eigenvalue weighted by molar-refractivity contribution is 0.0896. The highest BCUT2D eigenvalue weighted by Crippen LogP contribution is 2.37. The number of aromatic nitrogens is 2. The number of pyridine rings is 1. The molecule has 1 aliphatic heterocycles. The fraction of sp³-hybridized carbons (Fsp3) is 0.533. The Balaban J connectivity index is 1.73. The number of carbonyl (C=O) groups is 1. The summed E-state index contributed by atoms with van der Waals surface area (Å²) < 4.78 is 73.2. The van der Waals surface area contributed by atoms with Gasteiger partial charge in [-0.15, -0.1) is 0 Å². The molecule has 0 bridgehead atoms. The van der Waals surface area contributed by atoms with Crippen LogP contribution in [0.15, 0.2) is 35.1 Å². The number of hydrogen-bond donors (Lipinski definition) is 0. The van der Waals surface area contributed by atoms with E-state index in [9.17, 15) is 17.6 Å². The van der Waals surface area contributed by atoms with Crippen molar-refractivity contribution < 1.29 is 31.5 Å². The average Bonchev–Trinajstić information content (AvgIpc) is 3.54. The monoisotopic (exact) mass is 778 g/mol. The molecule has 3 heterocycles. The quantitative estimate of drug-likeness (QED) is 0.0685. The van der Waals surface area contributed by atoms with Crippen LogP contribution in [-0.4, -0.2) is 83.4 Å². The van der Waals surface area contributed by atoms with Crippen molar-refractivity contribution in [2.45, 2.75) is 70.7 Å². The lowest BCUT2D eigenvalue weighted by Gasteiger charge is -2.30. The van der Waals surface area contributed by atoms with Crippen LogP contribution in [0.2, 0.25) is 56.4 Å². The maximum atomic E-state index is 15.6. The third kappa shape index (κ3) is 9.04. The summed E-state index contributed by atoms with van der Waals surface area (Å²) in [4.78, 5) is 18.6. The topological polar surface area (TPSA) is 94.0 Å². The zero-order chi connectivity index (χ0) is 34.0. The number of hydrogen-bond acceptors (Lipinski definition) is 6. The minimum atomic E-state index is -4.34. The van der Waals surface area contributed by atoms with Crippen molar-refractivity contribution >= 4 is 76.4 Å². The molecule has 1 atom stereocenters. The van der Waals surface area contributed by atoms with Crippen LogP contribution in [0.5, 0.6) is 0 Å². The van der Waals surface area contributed by atoms with Crippen molar-refractivity contribution in [3.63, 3.8) is 0 Å². The minimum absolute atomic E-state index is 0.0269. The molecule has 4 rings (SSSR count). The van der Waals surface area contributed by atoms with Crippen LogP contribution in [0.3, 0.4) is 0 Å². The number of rotatable bonds is 15. The maximum Gasteiger partial charge on any atom is 0.306 e. The van der Waals surface area contributed by atoms with E-state index in [1.54, 1.807) is 23.0 Å². The first-order valence-electron chi connectivity index (χ1n) is 15.1. The maximum absolute atomic E-state index is 15.6. The number of halogens is 4. The highest BCUT2D eigenvalue weighted by atomic mass is 79.9. The molecule has 254 valence electrons. The molecule has 0 N–H and O–H groups in total. The van der Waals surface area contributed by atoms with Crippen LogP contribution >= 0.6 is 27.5 Å². The summed E-state index contributed by atoms with van der Waals surface area (Å²) in [7, 11) is -7.18. The lowest BCUT2D eigenvalue weighted by Crippen LogP contribution is -2.44. The van der Waals surface area contributed by atoms with Crippen LogP contribution in [0, 0.1) is 5.82 Å². The van der Waals surface area contributed by atoms with Gasteiger partial charge in [0.15, 0.2) is 5.78 Å². The Labute approximate surface area is 285 Å². The van der Waals surface area contributed by atoms with Gasteiger partial charge in [-0.3, -0.25) is 4.79 Å². The molecule has 1 fully saturated rings. The van der Waals surface area contributed by atoms with Gasteiger partial charge in [0.05, 0.1) is 21.8 Å². The molecule has 3 aromatic rings. The summed E-state index contributed by atoms with van der Waals surface area (Å²) in [5, 5.41) is 0.0489. The van der Waals surface area contributed by atoms with Crippen LogP contribution in [0.25, 0.3) is 11.0 Å². The Kier molecular flexibility index (Phi) is 11.9. The average molecular weight is 780 g/mol. The number of fused-ring (bicyclic) bond motifs is 1. The summed E-state index contributed by atoms with van der Waals surface area (Å²) in [5.74, 6) is -1.67. The molecule has 2 aromatic heterocycles. The van der Waals surface area contributed by atoms with E-state index in [2.05, 4.69) is 60.2 Å². The van der Waals surface area contributed by atoms with E-state index < -0.39 is 61.4 Å². The van der Waals surface area contributed by atoms with Gasteiger partial charge in [0.1, 0.15) is 31.1 Å². The van der Waals surface area contributed by atoms with Crippen LogP contribution in [-0.2, 0) is 26.4 Å². The van der Waals surface area contributed by atoms with Gasteiger partial charge in [-0.2, -0.15) is 12.7 Å². The molecule has 0 amide bonds. The van der Waals surface area contributed by atoms with Crippen molar-refractivity contribution in [2.75, 3.05) is 37.3 Å². The second-order valence-electron chi connectivity index (χ2n) is 13.9. The zero-order valence-corrected chi connectivity index (χ0v) is 32.2. The summed E-state index contributed by atoms with van der Waals surface area (Å²) >= 11 is 10.2. The van der Waals surface area contributed by atoms with Gasteiger partial charge in [-0.25, -0.2) is 18.1 Å². The predicted octanol–water partition coefficient (Wildman–Crippen LogP) is 7.54. The summed E-state index contributed by atoms with van der Waals surface area (Å²) in [6.07, 6.45) is 1.88. The third-order valence-electron chi connectivity index (χ3n) is 7.62. The Morgan fingerprint density at radius 2 is 1.78 bits per heavy atom. The molecule has 0 aliphatic carbocycles. The molecule has 0 radical (unpaired) electrons. The Morgan fingerprint density at radius 1 is 1.13 bits per heavy atom. The largest absolute Gasteiger partial charge is 0.361 e. The summed E-state index contributed by atoms with van der Waals surface area (Å²) in [6, 6.07) is 5.63. The molecule has 0 spiro atoms. The van der Waals surface area contributed by atoms with Gasteiger partial charge in [-0.05, 0) is 52.6 Å². The first kappa shape index (κ1) is 37.1. The van der Waals surface area contributed by atoms with Crippen LogP contribution in [0.4, 0.5) is 14.5 Å². The molecule has 9 nitrogen and oxygen atoms in total. The Morgan fingerprint density at radius 3 is 2.39 bits per heavy atom. The van der Waals surface area contributed by atoms with E-state index in [4.69, 9.17) is 21.1 Å². The first-order chi connectivity index (χ1) is 21.4. The minimum Gasteiger partial charge on any atom is -0.361 e. The molecule has 1 aromatic carbocycles. The number of carbonyl (C=O) groups excluding carboxylic acids is 1. The predicted molar refractivity (Wildman–Crippen MR) is 188 cm³/mol. The van der Waals surface area contributed by atoms with Gasteiger partial charge < -0.3 is 14.0 Å². The fourth-order valence-electron chi connectivity index (χ4n) is 4.87.